The Balaban J connectivity index is 2.55. The average molecular weight is 399 g/mol. The van der Waals surface area contributed by atoms with Crippen molar-refractivity contribution in [2.45, 2.75) is 45.4 Å². The van der Waals surface area contributed by atoms with Gasteiger partial charge in [0.25, 0.3) is 0 Å². The molecule has 3 heteroatoms. The smallest absolute Gasteiger partial charge is 0.200 e. The lowest BCUT2D eigenvalue weighted by atomic mass is 10.0. The Morgan fingerprint density at radius 1 is 0.897 bits per heavy atom. The second-order valence-corrected chi connectivity index (χ2v) is 7.02. The number of aryl methyl sites for hydroxylation is 2. The Morgan fingerprint density at radius 3 is 2.03 bits per heavy atom. The van der Waals surface area contributed by atoms with Gasteiger partial charge in [0.15, 0.2) is 5.83 Å². The zero-order valence-corrected chi connectivity index (χ0v) is 17.7. The highest BCUT2D eigenvalue weighted by atomic mass is 19.2. The summed E-state index contributed by atoms with van der Waals surface area (Å²) in [5, 5.41) is 0. The maximum atomic E-state index is 14.0. The molecule has 0 aliphatic heterocycles. The van der Waals surface area contributed by atoms with Gasteiger partial charge < -0.3 is 4.74 Å². The molecule has 29 heavy (non-hydrogen) atoms. The fraction of sp³-hybridized carbons (Fsp3) is 0.308. The van der Waals surface area contributed by atoms with Crippen LogP contribution in [0.25, 0.3) is 0 Å². The van der Waals surface area contributed by atoms with Crippen LogP contribution >= 0.6 is 0 Å². The summed E-state index contributed by atoms with van der Waals surface area (Å²) in [4.78, 5) is 0. The van der Waals surface area contributed by atoms with Gasteiger partial charge in [0.2, 0.25) is 5.83 Å². The van der Waals surface area contributed by atoms with Crippen molar-refractivity contribution in [1.82, 2.24) is 0 Å². The number of rotatable bonds is 13. The molecule has 0 saturated heterocycles. The van der Waals surface area contributed by atoms with Crippen LogP contribution in [0, 0.1) is 0 Å². The lowest BCUT2D eigenvalue weighted by Crippen LogP contribution is -1.93. The summed E-state index contributed by atoms with van der Waals surface area (Å²) >= 11 is 0. The molecule has 0 amide bonds. The summed E-state index contributed by atoms with van der Waals surface area (Å²) < 4.78 is 32.4. The van der Waals surface area contributed by atoms with Crippen LogP contribution in [0.5, 0.6) is 0 Å². The molecule has 0 radical (unpaired) electrons. The van der Waals surface area contributed by atoms with Gasteiger partial charge in [-0.05, 0) is 42.4 Å². The predicted molar refractivity (Wildman–Crippen MR) is 120 cm³/mol. The number of benzene rings is 1. The van der Waals surface area contributed by atoms with Crippen molar-refractivity contribution in [1.29, 1.82) is 0 Å². The van der Waals surface area contributed by atoms with E-state index in [4.69, 9.17) is 0 Å². The fourth-order valence-electron chi connectivity index (χ4n) is 2.64. The first-order valence-electron chi connectivity index (χ1n) is 9.90. The highest BCUT2D eigenvalue weighted by Gasteiger charge is 2.14. The van der Waals surface area contributed by atoms with Crippen LogP contribution in [-0.2, 0) is 17.6 Å². The Labute approximate surface area is 174 Å². The maximum absolute atomic E-state index is 14.0. The molecule has 1 nitrogen and oxygen atoms in total. The molecular formula is C26H32F2O. The third-order valence-corrected chi connectivity index (χ3v) is 4.68. The van der Waals surface area contributed by atoms with Crippen LogP contribution in [0.2, 0.25) is 0 Å². The van der Waals surface area contributed by atoms with Crippen molar-refractivity contribution in [3.05, 3.63) is 108 Å². The Morgan fingerprint density at radius 2 is 1.48 bits per heavy atom. The van der Waals surface area contributed by atoms with Crippen LogP contribution in [0.15, 0.2) is 96.9 Å². The van der Waals surface area contributed by atoms with Crippen LogP contribution in [0.4, 0.5) is 8.78 Å². The summed E-state index contributed by atoms with van der Waals surface area (Å²) in [6.07, 6.45) is 9.81. The minimum absolute atomic E-state index is 0.150. The summed E-state index contributed by atoms with van der Waals surface area (Å²) in [5.41, 5.74) is 3.60. The second kappa shape index (κ2) is 12.7. The predicted octanol–water partition coefficient (Wildman–Crippen LogP) is 7.89. The highest BCUT2D eigenvalue weighted by Crippen LogP contribution is 2.26. The summed E-state index contributed by atoms with van der Waals surface area (Å²) in [5.74, 6) is -2.69. The molecule has 1 aromatic rings. The zero-order chi connectivity index (χ0) is 21.8. The Hall–Kier alpha value is -2.68. The molecule has 0 saturated carbocycles. The molecule has 1 rings (SSSR count). The number of unbranched alkanes of at least 4 members (excludes halogenated alkanes) is 2. The van der Waals surface area contributed by atoms with Crippen molar-refractivity contribution in [2.24, 2.45) is 0 Å². The normalized spacial score (nSPS) is 11.9. The van der Waals surface area contributed by atoms with Gasteiger partial charge in [-0.25, -0.2) is 4.39 Å². The second-order valence-electron chi connectivity index (χ2n) is 7.02. The highest BCUT2D eigenvalue weighted by molar-refractivity contribution is 5.49. The molecule has 1 aromatic carbocycles. The fourth-order valence-corrected chi connectivity index (χ4v) is 2.64. The molecular weight excluding hydrogens is 366 g/mol. The molecule has 0 bridgehead atoms. The van der Waals surface area contributed by atoms with E-state index in [1.807, 2.05) is 0 Å². The summed E-state index contributed by atoms with van der Waals surface area (Å²) in [6.45, 7) is 16.8. The molecule has 0 unspecified atom stereocenters. The van der Waals surface area contributed by atoms with E-state index in [0.717, 1.165) is 24.8 Å². The van der Waals surface area contributed by atoms with E-state index >= 15 is 0 Å². The molecule has 0 aromatic heterocycles. The van der Waals surface area contributed by atoms with Crippen LogP contribution < -0.4 is 0 Å². The molecule has 0 aliphatic rings. The van der Waals surface area contributed by atoms with Gasteiger partial charge in [-0.3, -0.25) is 0 Å². The van der Waals surface area contributed by atoms with E-state index in [2.05, 4.69) is 62.2 Å². The molecule has 0 aliphatic carbocycles. The first-order valence-corrected chi connectivity index (χ1v) is 9.90. The molecule has 0 fully saturated rings. The van der Waals surface area contributed by atoms with E-state index in [1.165, 1.54) is 37.5 Å². The van der Waals surface area contributed by atoms with Gasteiger partial charge in [0.05, 0.1) is 7.11 Å². The van der Waals surface area contributed by atoms with Gasteiger partial charge in [0, 0.05) is 5.57 Å². The Bertz CT molecular complexity index is 795. The molecule has 0 N–H and O–H groups in total. The zero-order valence-electron chi connectivity index (χ0n) is 17.7. The van der Waals surface area contributed by atoms with E-state index in [0.29, 0.717) is 0 Å². The number of halogens is 2. The van der Waals surface area contributed by atoms with Gasteiger partial charge in [-0.1, -0.05) is 88.1 Å². The monoisotopic (exact) mass is 398 g/mol. The number of allylic oxidation sites excluding steroid dienone is 7. The van der Waals surface area contributed by atoms with Crippen LogP contribution in [0.3, 0.4) is 0 Å². The maximum Gasteiger partial charge on any atom is 0.200 e. The minimum Gasteiger partial charge on any atom is -0.494 e. The number of ether oxygens (including phenoxy) is 1. The quantitative estimate of drug-likeness (QED) is 0.186. The molecule has 0 spiro atoms. The summed E-state index contributed by atoms with van der Waals surface area (Å²) in [7, 11) is 1.22. The largest absolute Gasteiger partial charge is 0.494 e. The van der Waals surface area contributed by atoms with Crippen molar-refractivity contribution < 1.29 is 13.5 Å². The van der Waals surface area contributed by atoms with Crippen molar-refractivity contribution in [3.8, 4) is 0 Å². The van der Waals surface area contributed by atoms with E-state index in [-0.39, 0.29) is 16.9 Å². The van der Waals surface area contributed by atoms with Gasteiger partial charge in [0.1, 0.15) is 5.76 Å². The van der Waals surface area contributed by atoms with Crippen molar-refractivity contribution in [3.63, 3.8) is 0 Å². The van der Waals surface area contributed by atoms with Crippen molar-refractivity contribution in [2.75, 3.05) is 7.11 Å². The standard InChI is InChI=1S/C26H32F2O/c1-7-8-9-10-23-15-17-24(18-16-23)14-12-19(2)11-13-20(3)21(4)25(27)26(28)22(5)29-6/h11,13,15-18H,2-5,7-10,12,14H2,1,6H3/b13-11-,26-25-. The van der Waals surface area contributed by atoms with Gasteiger partial charge in [-0.2, -0.15) is 4.39 Å². The minimum atomic E-state index is -1.18. The van der Waals surface area contributed by atoms with Crippen LogP contribution in [0.1, 0.15) is 43.7 Å². The lowest BCUT2D eigenvalue weighted by Gasteiger charge is -2.07. The number of hydrogen-bond donors (Lipinski definition) is 0. The molecule has 156 valence electrons. The lowest BCUT2D eigenvalue weighted by molar-refractivity contribution is 0.281. The van der Waals surface area contributed by atoms with Crippen LogP contribution in [-0.4, -0.2) is 7.11 Å². The summed E-state index contributed by atoms with van der Waals surface area (Å²) in [6, 6.07) is 8.69. The first-order chi connectivity index (χ1) is 13.8. The first kappa shape index (κ1) is 24.4. The number of methoxy groups -OCH3 is 1. The number of hydrogen-bond acceptors (Lipinski definition) is 1. The average Bonchev–Trinajstić information content (AvgIpc) is 2.74. The van der Waals surface area contributed by atoms with E-state index in [9.17, 15) is 8.78 Å². The molecule has 0 heterocycles. The van der Waals surface area contributed by atoms with Gasteiger partial charge in [-0.15, -0.1) is 0 Å². The van der Waals surface area contributed by atoms with E-state index < -0.39 is 11.7 Å². The topological polar surface area (TPSA) is 9.23 Å². The third kappa shape index (κ3) is 8.47. The van der Waals surface area contributed by atoms with E-state index in [1.54, 1.807) is 12.2 Å². The third-order valence-electron chi connectivity index (χ3n) is 4.68. The van der Waals surface area contributed by atoms with Crippen molar-refractivity contribution >= 4 is 0 Å². The molecule has 0 atom stereocenters. The van der Waals surface area contributed by atoms with Gasteiger partial charge >= 0.3 is 0 Å². The SMILES string of the molecule is C=C(/C=C\C(=C)C(=C)/C(F)=C(/F)C(=C)OC)CCc1ccc(CCCCC)cc1. The Kier molecular flexibility index (Phi) is 10.7.